The molecule has 0 bridgehead atoms. The van der Waals surface area contributed by atoms with Gasteiger partial charge in [-0.2, -0.15) is 0 Å². The minimum absolute atomic E-state index is 0.0443. The Balaban J connectivity index is 1.92. The minimum atomic E-state index is -0.559. The van der Waals surface area contributed by atoms with Gasteiger partial charge in [0.25, 0.3) is 0 Å². The van der Waals surface area contributed by atoms with Crippen molar-refractivity contribution in [1.29, 1.82) is 0 Å². The molecule has 3 atom stereocenters. The number of carbonyl (C=O) groups excluding carboxylic acids is 1. The fourth-order valence-corrected chi connectivity index (χ4v) is 4.78. The van der Waals surface area contributed by atoms with Gasteiger partial charge in [-0.25, -0.2) is 0 Å². The first-order valence-electron chi connectivity index (χ1n) is 9.00. The van der Waals surface area contributed by atoms with Gasteiger partial charge in [0.15, 0.2) is 0 Å². The van der Waals surface area contributed by atoms with Crippen LogP contribution < -0.4 is 0 Å². The SMILES string of the molecule is CC(C)[C@H]1C(=O)N2C(COC2(C)C)[C@H]1c1ccc(O)c2ccccc12. The number of phenolic OH excluding ortho intramolecular Hbond substituents is 1. The van der Waals surface area contributed by atoms with Gasteiger partial charge >= 0.3 is 0 Å². The predicted octanol–water partition coefficient (Wildman–Crippen LogP) is 3.88. The second kappa shape index (κ2) is 5.46. The lowest BCUT2D eigenvalue weighted by Crippen LogP contribution is -2.44. The van der Waals surface area contributed by atoms with Crippen molar-refractivity contribution in [2.75, 3.05) is 6.61 Å². The van der Waals surface area contributed by atoms with E-state index in [4.69, 9.17) is 4.74 Å². The first-order chi connectivity index (χ1) is 11.8. The molecule has 4 heteroatoms. The summed E-state index contributed by atoms with van der Waals surface area (Å²) in [5, 5.41) is 12.1. The molecule has 132 valence electrons. The van der Waals surface area contributed by atoms with Crippen molar-refractivity contribution in [3.8, 4) is 5.75 Å². The predicted molar refractivity (Wildman–Crippen MR) is 97.3 cm³/mol. The number of fused-ring (bicyclic) bond motifs is 2. The van der Waals surface area contributed by atoms with Gasteiger partial charge in [0.1, 0.15) is 11.5 Å². The van der Waals surface area contributed by atoms with Gasteiger partial charge in [-0.1, -0.05) is 44.2 Å². The van der Waals surface area contributed by atoms with Crippen LogP contribution in [-0.4, -0.2) is 34.3 Å². The number of phenols is 1. The maximum Gasteiger partial charge on any atom is 0.229 e. The van der Waals surface area contributed by atoms with Gasteiger partial charge in [-0.15, -0.1) is 0 Å². The molecule has 2 aromatic rings. The highest BCUT2D eigenvalue weighted by atomic mass is 16.5. The highest BCUT2D eigenvalue weighted by molar-refractivity contribution is 5.93. The number of amides is 1. The molecule has 2 fully saturated rings. The zero-order valence-electron chi connectivity index (χ0n) is 15.2. The highest BCUT2D eigenvalue weighted by Crippen LogP contribution is 2.50. The fourth-order valence-electron chi connectivity index (χ4n) is 4.78. The van der Waals surface area contributed by atoms with Crippen LogP contribution in [0.5, 0.6) is 5.75 Å². The smallest absolute Gasteiger partial charge is 0.229 e. The Morgan fingerprint density at radius 3 is 2.52 bits per heavy atom. The lowest BCUT2D eigenvalue weighted by atomic mass is 9.77. The number of rotatable bonds is 2. The number of hydrogen-bond donors (Lipinski definition) is 1. The third-order valence-corrected chi connectivity index (χ3v) is 5.86. The van der Waals surface area contributed by atoms with Gasteiger partial charge in [0.05, 0.1) is 12.6 Å². The molecular formula is C21H25NO3. The Labute approximate surface area is 148 Å². The monoisotopic (exact) mass is 339 g/mol. The minimum Gasteiger partial charge on any atom is -0.507 e. The zero-order valence-corrected chi connectivity index (χ0v) is 15.2. The van der Waals surface area contributed by atoms with Gasteiger partial charge in [-0.05, 0) is 36.8 Å². The summed E-state index contributed by atoms with van der Waals surface area (Å²) in [6.45, 7) is 8.74. The van der Waals surface area contributed by atoms with E-state index in [0.29, 0.717) is 6.61 Å². The number of hydrogen-bond acceptors (Lipinski definition) is 3. The molecule has 2 heterocycles. The van der Waals surface area contributed by atoms with Gasteiger partial charge < -0.3 is 14.7 Å². The Morgan fingerprint density at radius 2 is 1.84 bits per heavy atom. The van der Waals surface area contributed by atoms with Crippen LogP contribution >= 0.6 is 0 Å². The molecule has 1 unspecified atom stereocenters. The Bertz CT molecular complexity index is 842. The first-order valence-corrected chi connectivity index (χ1v) is 9.00. The normalized spacial score (nSPS) is 28.1. The number of carbonyl (C=O) groups is 1. The number of benzene rings is 2. The summed E-state index contributed by atoms with van der Waals surface area (Å²) in [5.41, 5.74) is 0.574. The molecule has 2 saturated heterocycles. The maximum absolute atomic E-state index is 13.2. The third kappa shape index (κ3) is 2.27. The Hall–Kier alpha value is -2.07. The van der Waals surface area contributed by atoms with Crippen molar-refractivity contribution in [3.05, 3.63) is 42.0 Å². The van der Waals surface area contributed by atoms with Crippen molar-refractivity contribution in [1.82, 2.24) is 4.90 Å². The molecule has 0 saturated carbocycles. The van der Waals surface area contributed by atoms with E-state index >= 15 is 0 Å². The maximum atomic E-state index is 13.2. The molecular weight excluding hydrogens is 314 g/mol. The standard InChI is InChI=1S/C21H25NO3/c1-12(2)18-19(16-11-25-21(3,4)22(16)20(18)24)15-9-10-17(23)14-8-6-5-7-13(14)15/h5-10,12,16,18-19,23H,11H2,1-4H3/t16?,18-,19-/m1/s1. The molecule has 0 aromatic heterocycles. The summed E-state index contributed by atoms with van der Waals surface area (Å²) in [6.07, 6.45) is 0. The number of aromatic hydroxyl groups is 1. The van der Waals surface area contributed by atoms with Crippen molar-refractivity contribution in [2.45, 2.75) is 45.4 Å². The van der Waals surface area contributed by atoms with E-state index < -0.39 is 5.72 Å². The molecule has 1 amide bonds. The summed E-state index contributed by atoms with van der Waals surface area (Å²) >= 11 is 0. The second-order valence-corrected chi connectivity index (χ2v) is 8.05. The van der Waals surface area contributed by atoms with E-state index in [2.05, 4.69) is 13.8 Å². The summed E-state index contributed by atoms with van der Waals surface area (Å²) in [7, 11) is 0. The molecule has 0 radical (unpaired) electrons. The third-order valence-electron chi connectivity index (χ3n) is 5.86. The average molecular weight is 339 g/mol. The van der Waals surface area contributed by atoms with Crippen LogP contribution in [0, 0.1) is 11.8 Å². The molecule has 4 rings (SSSR count). The summed E-state index contributed by atoms with van der Waals surface area (Å²) < 4.78 is 5.95. The molecule has 0 spiro atoms. The lowest BCUT2D eigenvalue weighted by Gasteiger charge is -2.30. The van der Waals surface area contributed by atoms with Crippen LogP contribution in [0.25, 0.3) is 10.8 Å². The van der Waals surface area contributed by atoms with Crippen LogP contribution in [0.3, 0.4) is 0 Å². The zero-order chi connectivity index (χ0) is 17.9. The molecule has 25 heavy (non-hydrogen) atoms. The van der Waals surface area contributed by atoms with Crippen molar-refractivity contribution < 1.29 is 14.6 Å². The van der Waals surface area contributed by atoms with Crippen LogP contribution in [0.15, 0.2) is 36.4 Å². The average Bonchev–Trinajstić information content (AvgIpc) is 3.04. The quantitative estimate of drug-likeness (QED) is 0.903. The molecule has 2 aliphatic heterocycles. The van der Waals surface area contributed by atoms with Gasteiger partial charge in [0.2, 0.25) is 5.91 Å². The molecule has 4 nitrogen and oxygen atoms in total. The number of nitrogens with zero attached hydrogens (tertiary/aromatic N) is 1. The van der Waals surface area contributed by atoms with Crippen molar-refractivity contribution >= 4 is 16.7 Å². The van der Waals surface area contributed by atoms with E-state index in [0.717, 1.165) is 16.3 Å². The van der Waals surface area contributed by atoms with Gasteiger partial charge in [0, 0.05) is 17.2 Å². The fraction of sp³-hybridized carbons (Fsp3) is 0.476. The van der Waals surface area contributed by atoms with Crippen LogP contribution in [0.1, 0.15) is 39.2 Å². The Morgan fingerprint density at radius 1 is 1.16 bits per heavy atom. The highest BCUT2D eigenvalue weighted by Gasteiger charge is 2.58. The van der Waals surface area contributed by atoms with Crippen LogP contribution in [0.4, 0.5) is 0 Å². The van der Waals surface area contributed by atoms with E-state index in [1.54, 1.807) is 6.07 Å². The van der Waals surface area contributed by atoms with Crippen LogP contribution in [-0.2, 0) is 9.53 Å². The van der Waals surface area contributed by atoms with Gasteiger partial charge in [-0.3, -0.25) is 4.79 Å². The summed E-state index contributed by atoms with van der Waals surface area (Å²) in [4.78, 5) is 15.2. The van der Waals surface area contributed by atoms with E-state index in [9.17, 15) is 9.90 Å². The van der Waals surface area contributed by atoms with E-state index in [1.165, 1.54) is 0 Å². The van der Waals surface area contributed by atoms with E-state index in [-0.39, 0.29) is 35.5 Å². The molecule has 1 N–H and O–H groups in total. The molecule has 2 aromatic carbocycles. The first kappa shape index (κ1) is 16.4. The lowest BCUT2D eigenvalue weighted by molar-refractivity contribution is -0.146. The largest absolute Gasteiger partial charge is 0.507 e. The summed E-state index contributed by atoms with van der Waals surface area (Å²) in [5.74, 6) is 0.710. The Kier molecular flexibility index (Phi) is 3.58. The van der Waals surface area contributed by atoms with Crippen molar-refractivity contribution in [2.24, 2.45) is 11.8 Å². The second-order valence-electron chi connectivity index (χ2n) is 8.05. The molecule has 2 aliphatic rings. The topological polar surface area (TPSA) is 49.8 Å². The van der Waals surface area contributed by atoms with Crippen LogP contribution in [0.2, 0.25) is 0 Å². The number of ether oxygens (including phenoxy) is 1. The van der Waals surface area contributed by atoms with Crippen molar-refractivity contribution in [3.63, 3.8) is 0 Å². The molecule has 0 aliphatic carbocycles. The van der Waals surface area contributed by atoms with E-state index in [1.807, 2.05) is 49.1 Å². The summed E-state index contributed by atoms with van der Waals surface area (Å²) in [6, 6.07) is 11.7.